The van der Waals surface area contributed by atoms with E-state index in [-0.39, 0.29) is 34.4 Å². The molecule has 0 saturated heterocycles. The number of aromatic hydroxyl groups is 2. The first-order valence-electron chi connectivity index (χ1n) is 10.5. The SMILES string of the molecule is COc1ccc(-n2c(-c3cc(C(C)C)c(O)cc3O)nnc2S(=O)(=O)C(=O)c2cccnc2)cc1. The molecule has 0 aliphatic rings. The van der Waals surface area contributed by atoms with Crippen molar-refractivity contribution in [3.63, 3.8) is 0 Å². The molecular formula is C24H22N4O6S. The maximum atomic E-state index is 13.4. The van der Waals surface area contributed by atoms with Crippen LogP contribution in [0.3, 0.4) is 0 Å². The van der Waals surface area contributed by atoms with Gasteiger partial charge in [0.2, 0.25) is 0 Å². The summed E-state index contributed by atoms with van der Waals surface area (Å²) in [6.45, 7) is 3.71. The summed E-state index contributed by atoms with van der Waals surface area (Å²) in [4.78, 5) is 16.8. The second-order valence-corrected chi connectivity index (χ2v) is 9.70. The molecule has 0 bridgehead atoms. The van der Waals surface area contributed by atoms with Crippen LogP contribution in [0.25, 0.3) is 17.1 Å². The number of sulfone groups is 1. The maximum Gasteiger partial charge on any atom is 0.286 e. The van der Waals surface area contributed by atoms with Crippen LogP contribution in [0.5, 0.6) is 17.2 Å². The van der Waals surface area contributed by atoms with Crippen LogP contribution in [0.15, 0.2) is 66.1 Å². The first-order valence-corrected chi connectivity index (χ1v) is 12.0. The lowest BCUT2D eigenvalue weighted by Crippen LogP contribution is -2.20. The van der Waals surface area contributed by atoms with Gasteiger partial charge < -0.3 is 14.9 Å². The second kappa shape index (κ2) is 9.18. The third-order valence-corrected chi connectivity index (χ3v) is 6.82. The number of rotatable bonds is 6. The summed E-state index contributed by atoms with van der Waals surface area (Å²) in [6.07, 6.45) is 2.57. The Hall–Kier alpha value is -4.25. The Kier molecular flexibility index (Phi) is 6.27. The first-order chi connectivity index (χ1) is 16.6. The van der Waals surface area contributed by atoms with Crippen LogP contribution in [-0.4, -0.2) is 50.6 Å². The van der Waals surface area contributed by atoms with E-state index in [1.54, 1.807) is 24.3 Å². The average Bonchev–Trinajstić information content (AvgIpc) is 3.29. The van der Waals surface area contributed by atoms with Gasteiger partial charge in [0.25, 0.3) is 20.1 Å². The van der Waals surface area contributed by atoms with E-state index in [9.17, 15) is 23.4 Å². The van der Waals surface area contributed by atoms with E-state index in [4.69, 9.17) is 4.74 Å². The highest BCUT2D eigenvalue weighted by Gasteiger charge is 2.35. The highest BCUT2D eigenvalue weighted by Crippen LogP contribution is 2.39. The lowest BCUT2D eigenvalue weighted by atomic mass is 9.98. The molecule has 2 aromatic heterocycles. The van der Waals surface area contributed by atoms with E-state index in [0.29, 0.717) is 17.0 Å². The third kappa shape index (κ3) is 4.33. The molecule has 2 N–H and O–H groups in total. The average molecular weight is 495 g/mol. The summed E-state index contributed by atoms with van der Waals surface area (Å²) in [5, 5.41) is 26.9. The quantitative estimate of drug-likeness (QED) is 0.411. The molecule has 0 saturated carbocycles. The highest BCUT2D eigenvalue weighted by molar-refractivity contribution is 8.06. The van der Waals surface area contributed by atoms with Crippen LogP contribution >= 0.6 is 0 Å². The Balaban J connectivity index is 1.98. The molecule has 0 aliphatic heterocycles. The lowest BCUT2D eigenvalue weighted by Gasteiger charge is -2.15. The molecule has 11 heteroatoms. The number of carbonyl (C=O) groups is 1. The van der Waals surface area contributed by atoms with E-state index in [1.807, 2.05) is 13.8 Å². The molecule has 180 valence electrons. The van der Waals surface area contributed by atoms with E-state index < -0.39 is 20.1 Å². The molecule has 4 aromatic rings. The van der Waals surface area contributed by atoms with Gasteiger partial charge in [-0.2, -0.15) is 0 Å². The molecule has 0 unspecified atom stereocenters. The van der Waals surface area contributed by atoms with Gasteiger partial charge in [-0.15, -0.1) is 10.2 Å². The number of hydrogen-bond acceptors (Lipinski definition) is 9. The van der Waals surface area contributed by atoms with Gasteiger partial charge >= 0.3 is 0 Å². The van der Waals surface area contributed by atoms with Gasteiger partial charge in [0, 0.05) is 18.5 Å². The van der Waals surface area contributed by atoms with Crippen LogP contribution in [0.2, 0.25) is 0 Å². The minimum atomic E-state index is -4.67. The van der Waals surface area contributed by atoms with Gasteiger partial charge in [-0.3, -0.25) is 14.3 Å². The van der Waals surface area contributed by atoms with Crippen LogP contribution in [0, 0.1) is 0 Å². The number of carbonyl (C=O) groups excluding carboxylic acids is 1. The molecule has 0 atom stereocenters. The number of pyridine rings is 1. The van der Waals surface area contributed by atoms with Gasteiger partial charge in [0.1, 0.15) is 17.2 Å². The molecule has 0 spiro atoms. The fourth-order valence-corrected chi connectivity index (χ4v) is 4.72. The summed E-state index contributed by atoms with van der Waals surface area (Å²) in [5.41, 5.74) is 0.817. The first kappa shape index (κ1) is 23.9. The van der Waals surface area contributed by atoms with E-state index in [0.717, 1.165) is 12.3 Å². The minimum Gasteiger partial charge on any atom is -0.508 e. The van der Waals surface area contributed by atoms with Crippen molar-refractivity contribution in [2.24, 2.45) is 0 Å². The molecular weight excluding hydrogens is 472 g/mol. The molecule has 10 nitrogen and oxygen atoms in total. The number of phenolic OH excluding ortho intramolecular Hbond substituents is 2. The second-order valence-electron chi connectivity index (χ2n) is 7.96. The molecule has 35 heavy (non-hydrogen) atoms. The zero-order chi connectivity index (χ0) is 25.3. The molecule has 4 rings (SSSR count). The van der Waals surface area contributed by atoms with Crippen molar-refractivity contribution in [1.82, 2.24) is 19.7 Å². The summed E-state index contributed by atoms with van der Waals surface area (Å²) < 4.78 is 33.1. The summed E-state index contributed by atoms with van der Waals surface area (Å²) >= 11 is 0. The molecule has 0 amide bonds. The number of benzene rings is 2. The van der Waals surface area contributed by atoms with Gasteiger partial charge in [-0.25, -0.2) is 8.42 Å². The van der Waals surface area contributed by atoms with Crippen LogP contribution in [0.4, 0.5) is 0 Å². The molecule has 2 aromatic carbocycles. The molecule has 0 fully saturated rings. The van der Waals surface area contributed by atoms with Gasteiger partial charge in [0.05, 0.1) is 23.9 Å². The molecule has 2 heterocycles. The fourth-order valence-electron chi connectivity index (χ4n) is 3.54. The lowest BCUT2D eigenvalue weighted by molar-refractivity contribution is 0.107. The maximum absolute atomic E-state index is 13.4. The Bertz CT molecular complexity index is 1500. The predicted octanol–water partition coefficient (Wildman–Crippen LogP) is 3.49. The predicted molar refractivity (Wildman–Crippen MR) is 127 cm³/mol. The van der Waals surface area contributed by atoms with Crippen LogP contribution < -0.4 is 4.74 Å². The Morgan fingerprint density at radius 2 is 1.74 bits per heavy atom. The van der Waals surface area contributed by atoms with E-state index in [2.05, 4.69) is 15.2 Å². The third-order valence-electron chi connectivity index (χ3n) is 5.35. The van der Waals surface area contributed by atoms with E-state index >= 15 is 0 Å². The zero-order valence-electron chi connectivity index (χ0n) is 19.1. The van der Waals surface area contributed by atoms with Crippen molar-refractivity contribution in [3.05, 3.63) is 72.1 Å². The van der Waals surface area contributed by atoms with Crippen molar-refractivity contribution >= 4 is 15.0 Å². The Morgan fingerprint density at radius 1 is 1.03 bits per heavy atom. The summed E-state index contributed by atoms with van der Waals surface area (Å²) in [6, 6.07) is 11.8. The Morgan fingerprint density at radius 3 is 2.34 bits per heavy atom. The van der Waals surface area contributed by atoms with Crippen molar-refractivity contribution in [2.45, 2.75) is 24.9 Å². The van der Waals surface area contributed by atoms with Gasteiger partial charge in [-0.05, 0) is 53.9 Å². The molecule has 0 aliphatic carbocycles. The topological polar surface area (TPSA) is 144 Å². The highest BCUT2D eigenvalue weighted by atomic mass is 32.2. The summed E-state index contributed by atoms with van der Waals surface area (Å²) in [5.74, 6) is -0.0732. The fraction of sp³-hybridized carbons (Fsp3) is 0.167. The van der Waals surface area contributed by atoms with Crippen LogP contribution in [-0.2, 0) is 9.84 Å². The Labute approximate surface area is 201 Å². The van der Waals surface area contributed by atoms with Crippen LogP contribution in [0.1, 0.15) is 35.7 Å². The largest absolute Gasteiger partial charge is 0.508 e. The number of hydrogen-bond donors (Lipinski definition) is 2. The van der Waals surface area contributed by atoms with Crippen molar-refractivity contribution in [1.29, 1.82) is 0 Å². The number of aromatic nitrogens is 4. The van der Waals surface area contributed by atoms with Crippen molar-refractivity contribution < 1.29 is 28.2 Å². The van der Waals surface area contributed by atoms with Crippen molar-refractivity contribution in [3.8, 4) is 34.3 Å². The van der Waals surface area contributed by atoms with Crippen molar-refractivity contribution in [2.75, 3.05) is 7.11 Å². The smallest absolute Gasteiger partial charge is 0.286 e. The van der Waals surface area contributed by atoms with Gasteiger partial charge in [-0.1, -0.05) is 13.8 Å². The zero-order valence-corrected chi connectivity index (χ0v) is 19.9. The summed E-state index contributed by atoms with van der Waals surface area (Å²) in [7, 11) is -3.18. The van der Waals surface area contributed by atoms with Gasteiger partial charge in [0.15, 0.2) is 5.82 Å². The normalized spacial score (nSPS) is 11.5. The number of phenols is 2. The van der Waals surface area contributed by atoms with E-state index in [1.165, 1.54) is 36.1 Å². The minimum absolute atomic E-state index is 0.0351. The number of methoxy groups -OCH3 is 1. The number of ether oxygens (including phenoxy) is 1. The standard InChI is InChI=1S/C24H22N4O6S/c1-14(2)18-11-19(21(30)12-20(18)29)22-26-27-24(28(22)16-6-8-17(34-3)9-7-16)35(32,33)23(31)15-5-4-10-25-13-15/h4-14,29-30H,1-3H3. The number of nitrogens with zero attached hydrogens (tertiary/aromatic N) is 4. The monoisotopic (exact) mass is 494 g/mol. The molecule has 0 radical (unpaired) electrons.